The molecular formula is C18H36O4. The van der Waals surface area contributed by atoms with Crippen LogP contribution in [0.1, 0.15) is 78.1 Å². The van der Waals surface area contributed by atoms with Crippen molar-refractivity contribution in [2.24, 2.45) is 0 Å². The number of carbonyl (C=O) groups is 1. The van der Waals surface area contributed by atoms with Crippen molar-refractivity contribution in [3.05, 3.63) is 12.2 Å². The van der Waals surface area contributed by atoms with E-state index in [2.05, 4.69) is 13.5 Å². The molecule has 0 rings (SSSR count). The van der Waals surface area contributed by atoms with Crippen LogP contribution in [0.25, 0.3) is 0 Å². The fraction of sp³-hybridized carbons (Fsp3) is 0.833. The Morgan fingerprint density at radius 2 is 1.27 bits per heavy atom. The van der Waals surface area contributed by atoms with E-state index in [1.165, 1.54) is 57.8 Å². The van der Waals surface area contributed by atoms with Crippen LogP contribution < -0.4 is 0 Å². The number of carbonyl (C=O) groups excluding carboxylic acids is 1. The number of aliphatic hydroxyl groups is 2. The second-order valence-electron chi connectivity index (χ2n) is 5.55. The fourth-order valence-corrected chi connectivity index (χ4v) is 1.88. The molecule has 0 spiro atoms. The first-order valence-electron chi connectivity index (χ1n) is 8.64. The van der Waals surface area contributed by atoms with Crippen molar-refractivity contribution in [3.63, 3.8) is 0 Å². The van der Waals surface area contributed by atoms with Crippen LogP contribution in [-0.2, 0) is 9.53 Å². The van der Waals surface area contributed by atoms with Crippen molar-refractivity contribution < 1.29 is 19.7 Å². The maximum atomic E-state index is 11.1. The van der Waals surface area contributed by atoms with Gasteiger partial charge in [-0.05, 0) is 13.3 Å². The number of unbranched alkanes of at least 4 members (excludes halogenated alkanes) is 9. The Morgan fingerprint density at radius 1 is 0.864 bits per heavy atom. The Bertz CT molecular complexity index is 249. The minimum Gasteiger partial charge on any atom is -0.462 e. The van der Waals surface area contributed by atoms with Gasteiger partial charge in [0, 0.05) is 5.57 Å². The maximum Gasteiger partial charge on any atom is 0.333 e. The van der Waals surface area contributed by atoms with Crippen LogP contribution in [0.4, 0.5) is 0 Å². The van der Waals surface area contributed by atoms with Gasteiger partial charge in [-0.15, -0.1) is 0 Å². The van der Waals surface area contributed by atoms with Crippen molar-refractivity contribution in [3.8, 4) is 0 Å². The number of hydrogen-bond acceptors (Lipinski definition) is 4. The lowest BCUT2D eigenvalue weighted by Gasteiger charge is -2.04. The van der Waals surface area contributed by atoms with Gasteiger partial charge in [-0.25, -0.2) is 4.79 Å². The van der Waals surface area contributed by atoms with Gasteiger partial charge in [-0.3, -0.25) is 0 Å². The molecule has 4 heteroatoms. The van der Waals surface area contributed by atoms with Crippen molar-refractivity contribution in [2.45, 2.75) is 78.1 Å². The average Bonchev–Trinajstić information content (AvgIpc) is 2.52. The molecule has 0 amide bonds. The number of esters is 1. The molecule has 0 radical (unpaired) electrons. The minimum absolute atomic E-state index is 0.125. The highest BCUT2D eigenvalue weighted by atomic mass is 16.5. The van der Waals surface area contributed by atoms with Gasteiger partial charge in [-0.2, -0.15) is 0 Å². The van der Waals surface area contributed by atoms with Crippen molar-refractivity contribution in [1.82, 2.24) is 0 Å². The van der Waals surface area contributed by atoms with Gasteiger partial charge >= 0.3 is 5.97 Å². The molecule has 0 aliphatic heterocycles. The summed E-state index contributed by atoms with van der Waals surface area (Å²) in [6, 6.07) is 0. The summed E-state index contributed by atoms with van der Waals surface area (Å²) in [5.41, 5.74) is 0.488. The van der Waals surface area contributed by atoms with E-state index in [0.29, 0.717) is 12.2 Å². The molecule has 0 unspecified atom stereocenters. The molecule has 0 aromatic rings. The van der Waals surface area contributed by atoms with Crippen LogP contribution in [0, 0.1) is 0 Å². The predicted molar refractivity (Wildman–Crippen MR) is 91.8 cm³/mol. The van der Waals surface area contributed by atoms with Gasteiger partial charge in [0.1, 0.15) is 0 Å². The summed E-state index contributed by atoms with van der Waals surface area (Å²) in [6.45, 7) is 7.78. The van der Waals surface area contributed by atoms with Crippen molar-refractivity contribution >= 4 is 5.97 Å². The Labute approximate surface area is 136 Å². The molecule has 0 aliphatic rings. The predicted octanol–water partition coefficient (Wildman–Crippen LogP) is 4.00. The van der Waals surface area contributed by atoms with Crippen LogP contribution >= 0.6 is 0 Å². The van der Waals surface area contributed by atoms with Gasteiger partial charge in [0.05, 0.1) is 19.8 Å². The molecule has 0 aromatic carbocycles. The molecule has 0 bridgehead atoms. The molecular weight excluding hydrogens is 280 g/mol. The zero-order chi connectivity index (χ0) is 17.1. The molecule has 0 aliphatic carbocycles. The summed E-state index contributed by atoms with van der Waals surface area (Å²) >= 11 is 0. The number of ether oxygens (including phenoxy) is 1. The molecule has 22 heavy (non-hydrogen) atoms. The lowest BCUT2D eigenvalue weighted by atomic mass is 10.1. The molecule has 0 heterocycles. The Kier molecular flexibility index (Phi) is 21.4. The van der Waals surface area contributed by atoms with Gasteiger partial charge in [-0.1, -0.05) is 71.3 Å². The zero-order valence-electron chi connectivity index (χ0n) is 14.6. The fourth-order valence-electron chi connectivity index (χ4n) is 1.88. The molecule has 132 valence electrons. The topological polar surface area (TPSA) is 66.8 Å². The van der Waals surface area contributed by atoms with E-state index < -0.39 is 0 Å². The van der Waals surface area contributed by atoms with Crippen LogP contribution in [0.3, 0.4) is 0 Å². The summed E-state index contributed by atoms with van der Waals surface area (Å²) < 4.78 is 5.04. The Hall–Kier alpha value is -0.870. The number of rotatable bonds is 13. The van der Waals surface area contributed by atoms with Crippen molar-refractivity contribution in [2.75, 3.05) is 19.8 Å². The molecule has 0 fully saturated rings. The first-order valence-corrected chi connectivity index (χ1v) is 8.64. The highest BCUT2D eigenvalue weighted by Crippen LogP contribution is 2.10. The van der Waals surface area contributed by atoms with Gasteiger partial charge in [0.25, 0.3) is 0 Å². The molecule has 0 atom stereocenters. The number of aliphatic hydroxyl groups excluding tert-OH is 2. The monoisotopic (exact) mass is 316 g/mol. The first-order chi connectivity index (χ1) is 10.6. The summed E-state index contributed by atoms with van der Waals surface area (Å²) in [6.07, 6.45) is 13.0. The smallest absolute Gasteiger partial charge is 0.333 e. The summed E-state index contributed by atoms with van der Waals surface area (Å²) in [7, 11) is 0. The van der Waals surface area contributed by atoms with E-state index in [1.54, 1.807) is 6.92 Å². The molecule has 0 aromatic heterocycles. The quantitative estimate of drug-likeness (QED) is 0.306. The van der Waals surface area contributed by atoms with Crippen LogP contribution in [-0.4, -0.2) is 36.0 Å². The third-order valence-corrected chi connectivity index (χ3v) is 3.18. The largest absolute Gasteiger partial charge is 0.462 e. The minimum atomic E-state index is -0.258. The second kappa shape index (κ2) is 20.1. The third kappa shape index (κ3) is 21.4. The first kappa shape index (κ1) is 23.4. The molecule has 0 saturated carbocycles. The van der Waals surface area contributed by atoms with E-state index in [-0.39, 0.29) is 19.2 Å². The highest BCUT2D eigenvalue weighted by molar-refractivity contribution is 5.86. The summed E-state index contributed by atoms with van der Waals surface area (Å²) in [4.78, 5) is 11.1. The van der Waals surface area contributed by atoms with E-state index in [9.17, 15) is 4.79 Å². The van der Waals surface area contributed by atoms with Crippen LogP contribution in [0.5, 0.6) is 0 Å². The molecule has 4 nitrogen and oxygen atoms in total. The lowest BCUT2D eigenvalue weighted by molar-refractivity contribution is -0.139. The van der Waals surface area contributed by atoms with Crippen LogP contribution in [0.15, 0.2) is 12.2 Å². The van der Waals surface area contributed by atoms with E-state index in [0.717, 1.165) is 6.42 Å². The highest BCUT2D eigenvalue weighted by Gasteiger charge is 2.01. The Morgan fingerprint density at radius 3 is 1.64 bits per heavy atom. The summed E-state index contributed by atoms with van der Waals surface area (Å²) in [5, 5.41) is 15.2. The lowest BCUT2D eigenvalue weighted by Crippen LogP contribution is -2.05. The van der Waals surface area contributed by atoms with Gasteiger partial charge in [0.15, 0.2) is 0 Å². The normalized spacial score (nSPS) is 9.82. The SMILES string of the molecule is C=C(C)C(=O)OCCCCCCCCCCCC.OCCO. The number of hydrogen-bond donors (Lipinski definition) is 2. The summed E-state index contributed by atoms with van der Waals surface area (Å²) in [5.74, 6) is -0.258. The zero-order valence-corrected chi connectivity index (χ0v) is 14.6. The maximum absolute atomic E-state index is 11.1. The van der Waals surface area contributed by atoms with Gasteiger partial charge in [0.2, 0.25) is 0 Å². The Balaban J connectivity index is 0. The van der Waals surface area contributed by atoms with Crippen LogP contribution in [0.2, 0.25) is 0 Å². The molecule has 2 N–H and O–H groups in total. The third-order valence-electron chi connectivity index (χ3n) is 3.18. The van der Waals surface area contributed by atoms with Crippen molar-refractivity contribution in [1.29, 1.82) is 0 Å². The average molecular weight is 316 g/mol. The molecule has 0 saturated heterocycles. The van der Waals surface area contributed by atoms with E-state index in [4.69, 9.17) is 14.9 Å². The van der Waals surface area contributed by atoms with E-state index in [1.807, 2.05) is 0 Å². The van der Waals surface area contributed by atoms with E-state index >= 15 is 0 Å². The van der Waals surface area contributed by atoms with Gasteiger partial charge < -0.3 is 14.9 Å². The second-order valence-corrected chi connectivity index (χ2v) is 5.55. The standard InChI is InChI=1S/C16H30O2.C2H6O2/c1-4-5-6-7-8-9-10-11-12-13-14-18-16(17)15(2)3;3-1-2-4/h2,4-14H2,1,3H3;3-4H,1-2H2.